The van der Waals surface area contributed by atoms with Crippen molar-refractivity contribution in [3.8, 4) is 0 Å². The Hall–Kier alpha value is -2.17. The van der Waals surface area contributed by atoms with Crippen molar-refractivity contribution in [1.82, 2.24) is 9.89 Å². The van der Waals surface area contributed by atoms with E-state index in [0.29, 0.717) is 29.6 Å². The Morgan fingerprint density at radius 2 is 1.92 bits per heavy atom. The summed E-state index contributed by atoms with van der Waals surface area (Å²) < 4.78 is 0. The molecule has 5 nitrogen and oxygen atoms in total. The van der Waals surface area contributed by atoms with Crippen LogP contribution in [-0.4, -0.2) is 15.8 Å². The van der Waals surface area contributed by atoms with Gasteiger partial charge >= 0.3 is 0 Å². The summed E-state index contributed by atoms with van der Waals surface area (Å²) in [5.74, 6) is 2.33. The molecule has 0 aliphatic heterocycles. The van der Waals surface area contributed by atoms with Gasteiger partial charge in [0.05, 0.1) is 11.1 Å². The van der Waals surface area contributed by atoms with Gasteiger partial charge in [0.1, 0.15) is 0 Å². The van der Waals surface area contributed by atoms with Crippen LogP contribution >= 0.6 is 0 Å². The van der Waals surface area contributed by atoms with E-state index in [9.17, 15) is 9.59 Å². The summed E-state index contributed by atoms with van der Waals surface area (Å²) in [6, 6.07) is 7.62. The molecule has 0 saturated heterocycles. The Morgan fingerprint density at radius 3 is 2.58 bits per heavy atom. The van der Waals surface area contributed by atoms with E-state index in [0.717, 1.165) is 29.8 Å². The van der Waals surface area contributed by atoms with Crippen molar-refractivity contribution >= 4 is 16.7 Å². The largest absolute Gasteiger partial charge is 0.294 e. The van der Waals surface area contributed by atoms with Crippen molar-refractivity contribution < 1.29 is 4.79 Å². The van der Waals surface area contributed by atoms with Crippen molar-refractivity contribution in [2.75, 3.05) is 5.43 Å². The van der Waals surface area contributed by atoms with Crippen LogP contribution in [0.25, 0.3) is 10.8 Å². The molecule has 3 unspecified atom stereocenters. The third-order valence-corrected chi connectivity index (χ3v) is 6.89. The first-order chi connectivity index (χ1) is 12.7. The van der Waals surface area contributed by atoms with Crippen LogP contribution in [0.3, 0.4) is 0 Å². The van der Waals surface area contributed by atoms with E-state index in [1.807, 2.05) is 24.3 Å². The van der Waals surface area contributed by atoms with E-state index in [1.54, 1.807) is 0 Å². The lowest BCUT2D eigenvalue weighted by Crippen LogP contribution is -2.37. The van der Waals surface area contributed by atoms with Crippen molar-refractivity contribution in [3.05, 3.63) is 40.3 Å². The number of benzene rings is 1. The van der Waals surface area contributed by atoms with Gasteiger partial charge in [-0.2, -0.15) is 5.10 Å². The smallest absolute Gasteiger partial charge is 0.273 e. The van der Waals surface area contributed by atoms with Crippen LogP contribution in [0.4, 0.5) is 0 Å². The molecule has 3 aliphatic carbocycles. The van der Waals surface area contributed by atoms with Crippen molar-refractivity contribution in [1.29, 1.82) is 0 Å². The van der Waals surface area contributed by atoms with E-state index in [1.165, 1.54) is 36.9 Å². The average molecular weight is 351 g/mol. The van der Waals surface area contributed by atoms with Crippen LogP contribution in [0.1, 0.15) is 63.0 Å². The Balaban J connectivity index is 1.42. The van der Waals surface area contributed by atoms with Gasteiger partial charge in [0.2, 0.25) is 5.91 Å². The van der Waals surface area contributed by atoms with Crippen LogP contribution in [-0.2, 0) is 4.79 Å². The summed E-state index contributed by atoms with van der Waals surface area (Å²) in [7, 11) is 0. The molecule has 3 aliphatic rings. The lowest BCUT2D eigenvalue weighted by Gasteiger charge is -2.26. The molecule has 26 heavy (non-hydrogen) atoms. The standard InChI is InChI=1S/C21H25N3O2/c25-19(12-16-11-13-8-9-15(16)10-13)22-24-21(26)18-7-2-1-6-17(18)20(23-24)14-4-3-5-14/h1-2,6-7,13-16H,3-5,8-12H2,(H,22,25). The number of rotatable bonds is 4. The maximum Gasteiger partial charge on any atom is 0.294 e. The zero-order chi connectivity index (χ0) is 17.7. The normalized spacial score (nSPS) is 27.6. The van der Waals surface area contributed by atoms with Gasteiger partial charge in [-0.3, -0.25) is 9.59 Å². The monoisotopic (exact) mass is 351 g/mol. The van der Waals surface area contributed by atoms with Crippen molar-refractivity contribution in [2.45, 2.75) is 57.3 Å². The number of hydrogen-bond acceptors (Lipinski definition) is 3. The van der Waals surface area contributed by atoms with Gasteiger partial charge in [-0.05, 0) is 55.9 Å². The number of hydrogen-bond donors (Lipinski definition) is 1. The van der Waals surface area contributed by atoms with Crippen LogP contribution in [0, 0.1) is 17.8 Å². The van der Waals surface area contributed by atoms with E-state index >= 15 is 0 Å². The number of aromatic nitrogens is 2. The third-order valence-electron chi connectivity index (χ3n) is 6.89. The maximum atomic E-state index is 12.8. The summed E-state index contributed by atoms with van der Waals surface area (Å²) in [4.78, 5) is 26.6. The molecular formula is C21H25N3O2. The summed E-state index contributed by atoms with van der Waals surface area (Å²) in [6.45, 7) is 0. The second kappa shape index (κ2) is 6.22. The van der Waals surface area contributed by atoms with Crippen LogP contribution in [0.5, 0.6) is 0 Å². The molecule has 0 radical (unpaired) electrons. The van der Waals surface area contributed by atoms with Gasteiger partial charge in [0.15, 0.2) is 0 Å². The molecule has 5 heteroatoms. The SMILES string of the molecule is O=C(CC1CC2CCC1C2)Nn1nc(C2CCC2)c2ccccc2c1=O. The second-order valence-electron chi connectivity index (χ2n) is 8.45. The minimum atomic E-state index is -0.232. The molecule has 5 rings (SSSR count). The predicted octanol–water partition coefficient (Wildman–Crippen LogP) is 3.56. The Labute approximate surface area is 152 Å². The predicted molar refractivity (Wildman–Crippen MR) is 101 cm³/mol. The molecule has 1 amide bonds. The first-order valence-corrected chi connectivity index (χ1v) is 10.0. The number of carbonyl (C=O) groups excluding carboxylic acids is 1. The Bertz CT molecular complexity index is 915. The topological polar surface area (TPSA) is 64.0 Å². The molecule has 1 aromatic carbocycles. The molecule has 2 aromatic rings. The fraction of sp³-hybridized carbons (Fsp3) is 0.571. The van der Waals surface area contributed by atoms with E-state index in [4.69, 9.17) is 0 Å². The molecule has 3 fully saturated rings. The maximum absolute atomic E-state index is 12.8. The zero-order valence-corrected chi connectivity index (χ0v) is 15.0. The lowest BCUT2D eigenvalue weighted by atomic mass is 9.81. The van der Waals surface area contributed by atoms with Gasteiger partial charge in [-0.15, -0.1) is 4.79 Å². The van der Waals surface area contributed by atoms with Crippen molar-refractivity contribution in [3.63, 3.8) is 0 Å². The molecule has 1 N–H and O–H groups in total. The number of amides is 1. The van der Waals surface area contributed by atoms with Gasteiger partial charge < -0.3 is 0 Å². The number of carbonyl (C=O) groups is 1. The molecule has 0 spiro atoms. The quantitative estimate of drug-likeness (QED) is 0.916. The molecular weight excluding hydrogens is 326 g/mol. The molecule has 2 bridgehead atoms. The number of fused-ring (bicyclic) bond motifs is 3. The lowest BCUT2D eigenvalue weighted by molar-refractivity contribution is -0.118. The summed E-state index contributed by atoms with van der Waals surface area (Å²) in [5.41, 5.74) is 3.51. The summed E-state index contributed by atoms with van der Waals surface area (Å²) in [6.07, 6.45) is 8.99. The first-order valence-electron chi connectivity index (χ1n) is 10.0. The Morgan fingerprint density at radius 1 is 1.12 bits per heavy atom. The highest BCUT2D eigenvalue weighted by Gasteiger charge is 2.40. The second-order valence-corrected chi connectivity index (χ2v) is 8.45. The van der Waals surface area contributed by atoms with E-state index < -0.39 is 0 Å². The van der Waals surface area contributed by atoms with Crippen LogP contribution in [0.2, 0.25) is 0 Å². The molecule has 136 valence electrons. The number of nitrogens with one attached hydrogen (secondary N) is 1. The minimum Gasteiger partial charge on any atom is -0.273 e. The van der Waals surface area contributed by atoms with Crippen LogP contribution in [0.15, 0.2) is 29.1 Å². The third kappa shape index (κ3) is 2.65. The fourth-order valence-corrected chi connectivity index (χ4v) is 5.30. The first kappa shape index (κ1) is 16.0. The molecule has 3 saturated carbocycles. The van der Waals surface area contributed by atoms with Gasteiger partial charge in [-0.1, -0.05) is 31.0 Å². The van der Waals surface area contributed by atoms with E-state index in [2.05, 4.69) is 10.5 Å². The van der Waals surface area contributed by atoms with Gasteiger partial charge in [0, 0.05) is 17.7 Å². The highest BCUT2D eigenvalue weighted by atomic mass is 16.2. The van der Waals surface area contributed by atoms with Crippen molar-refractivity contribution in [2.24, 2.45) is 17.8 Å². The minimum absolute atomic E-state index is 0.0769. The summed E-state index contributed by atoms with van der Waals surface area (Å²) in [5, 5.41) is 6.13. The molecule has 1 heterocycles. The summed E-state index contributed by atoms with van der Waals surface area (Å²) >= 11 is 0. The fourth-order valence-electron chi connectivity index (χ4n) is 5.30. The average Bonchev–Trinajstić information content (AvgIpc) is 3.20. The highest BCUT2D eigenvalue weighted by Crippen LogP contribution is 2.49. The van der Waals surface area contributed by atoms with Crippen LogP contribution < -0.4 is 11.0 Å². The highest BCUT2D eigenvalue weighted by molar-refractivity contribution is 5.86. The zero-order valence-electron chi connectivity index (χ0n) is 15.0. The molecule has 3 atom stereocenters. The molecule has 1 aromatic heterocycles. The van der Waals surface area contributed by atoms with Gasteiger partial charge in [-0.25, -0.2) is 5.43 Å². The number of nitrogens with zero attached hydrogens (tertiary/aromatic N) is 2. The van der Waals surface area contributed by atoms with E-state index in [-0.39, 0.29) is 11.5 Å². The Kier molecular flexibility index (Phi) is 3.84. The van der Waals surface area contributed by atoms with Gasteiger partial charge in [0.25, 0.3) is 5.56 Å².